The van der Waals surface area contributed by atoms with Crippen LogP contribution in [0.4, 0.5) is 0 Å². The number of hydrogen-bond acceptors (Lipinski definition) is 1. The first-order valence-electron chi connectivity index (χ1n) is 5.68. The molecule has 0 radical (unpaired) electrons. The predicted octanol–water partition coefficient (Wildman–Crippen LogP) is 2.50. The van der Waals surface area contributed by atoms with Crippen molar-refractivity contribution in [3.8, 4) is 0 Å². The van der Waals surface area contributed by atoms with Gasteiger partial charge in [0.15, 0.2) is 0 Å². The maximum absolute atomic E-state index is 10.6. The van der Waals surface area contributed by atoms with Crippen molar-refractivity contribution in [3.05, 3.63) is 12.2 Å². The van der Waals surface area contributed by atoms with Crippen LogP contribution in [0.2, 0.25) is 0 Å². The zero-order valence-electron chi connectivity index (χ0n) is 8.08. The highest BCUT2D eigenvalue weighted by atomic mass is 16.3. The number of rotatable bonds is 1. The lowest BCUT2D eigenvalue weighted by molar-refractivity contribution is -0.0490. The van der Waals surface area contributed by atoms with Crippen LogP contribution in [0.3, 0.4) is 0 Å². The Morgan fingerprint density at radius 3 is 2.69 bits per heavy atom. The molecule has 13 heavy (non-hydrogen) atoms. The Bertz CT molecular complexity index is 246. The van der Waals surface area contributed by atoms with Crippen molar-refractivity contribution in [1.82, 2.24) is 0 Å². The van der Waals surface area contributed by atoms with E-state index in [1.54, 1.807) is 0 Å². The topological polar surface area (TPSA) is 20.2 Å². The van der Waals surface area contributed by atoms with Crippen molar-refractivity contribution >= 4 is 0 Å². The lowest BCUT2D eigenvalue weighted by Gasteiger charge is -2.37. The fraction of sp³-hybridized carbons (Fsp3) is 0.833. The minimum Gasteiger partial charge on any atom is -0.389 e. The van der Waals surface area contributed by atoms with Crippen molar-refractivity contribution in [1.29, 1.82) is 0 Å². The second-order valence-corrected chi connectivity index (χ2v) is 5.18. The molecular weight excluding hydrogens is 160 g/mol. The quantitative estimate of drug-likeness (QED) is 0.612. The Kier molecular flexibility index (Phi) is 1.61. The molecule has 3 aliphatic carbocycles. The Hall–Kier alpha value is -0.300. The third-order valence-corrected chi connectivity index (χ3v) is 4.52. The van der Waals surface area contributed by atoms with Gasteiger partial charge in [-0.25, -0.2) is 0 Å². The van der Waals surface area contributed by atoms with Crippen LogP contribution in [-0.2, 0) is 0 Å². The Labute approximate surface area is 79.8 Å². The summed E-state index contributed by atoms with van der Waals surface area (Å²) in [6.45, 7) is 0. The largest absolute Gasteiger partial charge is 0.389 e. The van der Waals surface area contributed by atoms with Crippen molar-refractivity contribution in [2.24, 2.45) is 17.8 Å². The molecule has 1 N–H and O–H groups in total. The van der Waals surface area contributed by atoms with Crippen LogP contribution in [0.25, 0.3) is 0 Å². The number of allylic oxidation sites excluding steroid dienone is 1. The molecule has 2 bridgehead atoms. The highest BCUT2D eigenvalue weighted by Gasteiger charge is 2.53. The SMILES string of the molecule is OC1(C2C=CCC2)CC2CCC1C2. The first kappa shape index (κ1) is 8.05. The van der Waals surface area contributed by atoms with Gasteiger partial charge in [0.05, 0.1) is 5.60 Å². The molecule has 0 aromatic rings. The Morgan fingerprint density at radius 2 is 2.15 bits per heavy atom. The Balaban J connectivity index is 1.84. The molecule has 2 fully saturated rings. The summed E-state index contributed by atoms with van der Waals surface area (Å²) in [5, 5.41) is 10.6. The van der Waals surface area contributed by atoms with E-state index in [2.05, 4.69) is 12.2 Å². The monoisotopic (exact) mass is 178 g/mol. The van der Waals surface area contributed by atoms with E-state index in [4.69, 9.17) is 0 Å². The molecule has 1 nitrogen and oxygen atoms in total. The number of hydrogen-bond donors (Lipinski definition) is 1. The summed E-state index contributed by atoms with van der Waals surface area (Å²) in [5.74, 6) is 1.97. The molecule has 3 aliphatic rings. The van der Waals surface area contributed by atoms with E-state index in [1.807, 2.05) is 0 Å². The van der Waals surface area contributed by atoms with Crippen molar-refractivity contribution < 1.29 is 5.11 Å². The third kappa shape index (κ3) is 1.03. The molecular formula is C12H18O. The molecule has 0 heterocycles. The van der Waals surface area contributed by atoms with Crippen LogP contribution >= 0.6 is 0 Å². The summed E-state index contributed by atoms with van der Waals surface area (Å²) < 4.78 is 0. The van der Waals surface area contributed by atoms with Gasteiger partial charge in [0, 0.05) is 5.92 Å². The predicted molar refractivity (Wildman–Crippen MR) is 52.3 cm³/mol. The van der Waals surface area contributed by atoms with Crippen molar-refractivity contribution in [3.63, 3.8) is 0 Å². The van der Waals surface area contributed by atoms with E-state index in [0.717, 1.165) is 12.3 Å². The maximum Gasteiger partial charge on any atom is 0.0740 e. The van der Waals surface area contributed by atoms with Crippen LogP contribution < -0.4 is 0 Å². The third-order valence-electron chi connectivity index (χ3n) is 4.52. The van der Waals surface area contributed by atoms with Gasteiger partial charge in [-0.3, -0.25) is 0 Å². The maximum atomic E-state index is 10.6. The van der Waals surface area contributed by atoms with Gasteiger partial charge in [0.25, 0.3) is 0 Å². The molecule has 0 aromatic carbocycles. The smallest absolute Gasteiger partial charge is 0.0740 e. The summed E-state index contributed by atoms with van der Waals surface area (Å²) in [7, 11) is 0. The lowest BCUT2D eigenvalue weighted by atomic mass is 9.74. The molecule has 0 saturated heterocycles. The fourth-order valence-corrected chi connectivity index (χ4v) is 3.85. The van der Waals surface area contributed by atoms with E-state index in [0.29, 0.717) is 11.8 Å². The van der Waals surface area contributed by atoms with E-state index in [1.165, 1.54) is 32.1 Å². The second-order valence-electron chi connectivity index (χ2n) is 5.18. The number of fused-ring (bicyclic) bond motifs is 2. The van der Waals surface area contributed by atoms with Gasteiger partial charge in [-0.2, -0.15) is 0 Å². The molecule has 4 unspecified atom stereocenters. The van der Waals surface area contributed by atoms with Gasteiger partial charge >= 0.3 is 0 Å². The van der Waals surface area contributed by atoms with Gasteiger partial charge in [0.1, 0.15) is 0 Å². The first-order chi connectivity index (χ1) is 6.29. The van der Waals surface area contributed by atoms with Crippen LogP contribution in [0.1, 0.15) is 38.5 Å². The van der Waals surface area contributed by atoms with Gasteiger partial charge in [-0.15, -0.1) is 0 Å². The van der Waals surface area contributed by atoms with Crippen LogP contribution in [-0.4, -0.2) is 10.7 Å². The fourth-order valence-electron chi connectivity index (χ4n) is 3.85. The molecule has 0 aromatic heterocycles. The normalized spacial score (nSPS) is 53.5. The summed E-state index contributed by atoms with van der Waals surface area (Å²) in [5.41, 5.74) is -0.296. The first-order valence-corrected chi connectivity index (χ1v) is 5.68. The summed E-state index contributed by atoms with van der Waals surface area (Å²) in [6, 6.07) is 0. The molecule has 0 amide bonds. The zero-order chi connectivity index (χ0) is 8.89. The van der Waals surface area contributed by atoms with Crippen LogP contribution in [0, 0.1) is 17.8 Å². The van der Waals surface area contributed by atoms with Crippen molar-refractivity contribution in [2.75, 3.05) is 0 Å². The van der Waals surface area contributed by atoms with Crippen LogP contribution in [0.15, 0.2) is 12.2 Å². The Morgan fingerprint density at radius 1 is 1.23 bits per heavy atom. The molecule has 1 heteroatoms. The van der Waals surface area contributed by atoms with Gasteiger partial charge in [-0.05, 0) is 50.4 Å². The average molecular weight is 178 g/mol. The highest BCUT2D eigenvalue weighted by Crippen LogP contribution is 2.55. The summed E-state index contributed by atoms with van der Waals surface area (Å²) in [4.78, 5) is 0. The van der Waals surface area contributed by atoms with E-state index in [-0.39, 0.29) is 5.60 Å². The van der Waals surface area contributed by atoms with E-state index >= 15 is 0 Å². The van der Waals surface area contributed by atoms with Gasteiger partial charge in [0.2, 0.25) is 0 Å². The van der Waals surface area contributed by atoms with E-state index < -0.39 is 0 Å². The molecule has 0 aliphatic heterocycles. The summed E-state index contributed by atoms with van der Waals surface area (Å²) >= 11 is 0. The molecule has 3 rings (SSSR count). The minimum atomic E-state index is -0.296. The lowest BCUT2D eigenvalue weighted by Crippen LogP contribution is -2.41. The standard InChI is InChI=1S/C12H18O/c13-12(10-3-1-2-4-10)8-9-5-6-11(12)7-9/h1,3,9-11,13H,2,4-8H2. The number of aliphatic hydroxyl groups is 1. The van der Waals surface area contributed by atoms with Gasteiger partial charge < -0.3 is 5.11 Å². The van der Waals surface area contributed by atoms with Crippen molar-refractivity contribution in [2.45, 2.75) is 44.1 Å². The average Bonchev–Trinajstić information content (AvgIpc) is 2.79. The zero-order valence-corrected chi connectivity index (χ0v) is 8.08. The molecule has 4 atom stereocenters. The summed E-state index contributed by atoms with van der Waals surface area (Å²) in [6.07, 6.45) is 11.9. The van der Waals surface area contributed by atoms with Gasteiger partial charge in [-0.1, -0.05) is 12.2 Å². The molecule has 72 valence electrons. The van der Waals surface area contributed by atoms with Crippen LogP contribution in [0.5, 0.6) is 0 Å². The minimum absolute atomic E-state index is 0.296. The molecule has 2 saturated carbocycles. The highest BCUT2D eigenvalue weighted by molar-refractivity contribution is 5.12. The van der Waals surface area contributed by atoms with E-state index in [9.17, 15) is 5.11 Å². The second kappa shape index (κ2) is 2.60. The molecule has 0 spiro atoms.